The molecule has 0 aromatic heterocycles. The Bertz CT molecular complexity index is 502. The van der Waals surface area contributed by atoms with Crippen molar-refractivity contribution in [3.8, 4) is 0 Å². The number of rotatable bonds is 7. The maximum Gasteiger partial charge on any atom is 0.407 e. The minimum absolute atomic E-state index is 0.0348. The predicted octanol–water partition coefficient (Wildman–Crippen LogP) is 0.221. The molecule has 0 radical (unpaired) electrons. The molecule has 0 bridgehead atoms. The van der Waals surface area contributed by atoms with Gasteiger partial charge in [0.05, 0.1) is 25.4 Å². The third-order valence-corrected chi connectivity index (χ3v) is 3.44. The Morgan fingerprint density at radius 3 is 2.87 bits per heavy atom. The fourth-order valence-corrected chi connectivity index (χ4v) is 2.19. The second kappa shape index (κ2) is 9.24. The Balaban J connectivity index is 1.62. The van der Waals surface area contributed by atoms with Gasteiger partial charge >= 0.3 is 6.09 Å². The van der Waals surface area contributed by atoms with E-state index in [1.54, 1.807) is 0 Å². The number of nitrogens with one attached hydrogen (secondary N) is 2. The molecule has 2 atom stereocenters. The van der Waals surface area contributed by atoms with Crippen LogP contribution in [-0.2, 0) is 20.9 Å². The highest BCUT2D eigenvalue weighted by molar-refractivity contribution is 5.84. The third-order valence-electron chi connectivity index (χ3n) is 3.44. The van der Waals surface area contributed by atoms with Gasteiger partial charge in [-0.3, -0.25) is 4.79 Å². The quantitative estimate of drug-likeness (QED) is 0.664. The van der Waals surface area contributed by atoms with Crippen LogP contribution >= 0.6 is 0 Å². The second-order valence-corrected chi connectivity index (χ2v) is 5.35. The number of hydrogen-bond donors (Lipinski definition) is 3. The smallest absolute Gasteiger partial charge is 0.407 e. The summed E-state index contributed by atoms with van der Waals surface area (Å²) < 4.78 is 10.2. The highest BCUT2D eigenvalue weighted by Crippen LogP contribution is 2.02. The maximum atomic E-state index is 11.9. The standard InChI is InChI=1S/C16H22N2O5/c19-13(8-15(20)14-11-22-7-6-17-14)9-18-16(21)23-10-12-4-2-1-3-5-12/h1-5,13-14,17,19H,6-11H2,(H,18,21)/t13-,14?/m0/s1. The molecule has 2 rings (SSSR count). The van der Waals surface area contributed by atoms with Crippen molar-refractivity contribution in [1.29, 1.82) is 0 Å². The van der Waals surface area contributed by atoms with Gasteiger partial charge < -0.3 is 25.2 Å². The van der Waals surface area contributed by atoms with E-state index in [1.807, 2.05) is 30.3 Å². The first-order valence-corrected chi connectivity index (χ1v) is 7.61. The van der Waals surface area contributed by atoms with Crippen LogP contribution in [0.3, 0.4) is 0 Å². The molecular formula is C16H22N2O5. The van der Waals surface area contributed by atoms with E-state index in [9.17, 15) is 14.7 Å². The highest BCUT2D eigenvalue weighted by atomic mass is 16.5. The number of aliphatic hydroxyl groups is 1. The topological polar surface area (TPSA) is 96.9 Å². The number of amides is 1. The molecule has 1 fully saturated rings. The summed E-state index contributed by atoms with van der Waals surface area (Å²) in [5, 5.41) is 15.3. The average Bonchev–Trinajstić information content (AvgIpc) is 2.60. The van der Waals surface area contributed by atoms with E-state index in [0.29, 0.717) is 19.8 Å². The minimum atomic E-state index is -0.949. The van der Waals surface area contributed by atoms with Crippen LogP contribution in [0.25, 0.3) is 0 Å². The molecule has 0 spiro atoms. The lowest BCUT2D eigenvalue weighted by Crippen LogP contribution is -2.48. The van der Waals surface area contributed by atoms with Crippen LogP contribution in [0.5, 0.6) is 0 Å². The molecule has 1 aliphatic rings. The van der Waals surface area contributed by atoms with Gasteiger partial charge in [0.1, 0.15) is 6.61 Å². The lowest BCUT2D eigenvalue weighted by Gasteiger charge is -2.23. The van der Waals surface area contributed by atoms with Crippen LogP contribution in [0.4, 0.5) is 4.79 Å². The molecule has 0 aliphatic carbocycles. The molecule has 1 aromatic carbocycles. The Kier molecular flexibility index (Phi) is 6.99. The zero-order valence-corrected chi connectivity index (χ0v) is 12.9. The largest absolute Gasteiger partial charge is 0.445 e. The van der Waals surface area contributed by atoms with E-state index in [2.05, 4.69) is 10.6 Å². The molecule has 1 amide bonds. The van der Waals surface area contributed by atoms with Gasteiger partial charge in [0.15, 0.2) is 5.78 Å². The molecule has 1 heterocycles. The summed E-state index contributed by atoms with van der Waals surface area (Å²) in [5.41, 5.74) is 0.877. The van der Waals surface area contributed by atoms with Crippen molar-refractivity contribution < 1.29 is 24.2 Å². The molecule has 23 heavy (non-hydrogen) atoms. The van der Waals surface area contributed by atoms with E-state index in [0.717, 1.165) is 5.56 Å². The summed E-state index contributed by atoms with van der Waals surface area (Å²) in [4.78, 5) is 23.5. The maximum absolute atomic E-state index is 11.9. The number of aliphatic hydroxyl groups excluding tert-OH is 1. The van der Waals surface area contributed by atoms with Crippen molar-refractivity contribution >= 4 is 11.9 Å². The van der Waals surface area contributed by atoms with Crippen LogP contribution in [0.2, 0.25) is 0 Å². The van der Waals surface area contributed by atoms with Crippen LogP contribution in [0.15, 0.2) is 30.3 Å². The first-order valence-electron chi connectivity index (χ1n) is 7.61. The number of hydrogen-bond acceptors (Lipinski definition) is 6. The molecule has 1 aliphatic heterocycles. The number of ketones is 1. The monoisotopic (exact) mass is 322 g/mol. The fourth-order valence-electron chi connectivity index (χ4n) is 2.19. The Morgan fingerprint density at radius 1 is 1.39 bits per heavy atom. The van der Waals surface area contributed by atoms with Gasteiger partial charge in [-0.15, -0.1) is 0 Å². The SMILES string of the molecule is O=C(NC[C@@H](O)CC(=O)C1COCCN1)OCc1ccccc1. The van der Waals surface area contributed by atoms with E-state index in [1.165, 1.54) is 0 Å². The van der Waals surface area contributed by atoms with E-state index in [4.69, 9.17) is 9.47 Å². The summed E-state index contributed by atoms with van der Waals surface area (Å²) in [6.07, 6.45) is -1.62. The van der Waals surface area contributed by atoms with E-state index < -0.39 is 12.2 Å². The zero-order valence-electron chi connectivity index (χ0n) is 12.9. The molecule has 126 valence electrons. The van der Waals surface area contributed by atoms with Crippen LogP contribution in [0.1, 0.15) is 12.0 Å². The molecule has 1 unspecified atom stereocenters. The number of alkyl carbamates (subject to hydrolysis) is 1. The second-order valence-electron chi connectivity index (χ2n) is 5.35. The zero-order chi connectivity index (χ0) is 16.5. The normalized spacial score (nSPS) is 18.9. The lowest BCUT2D eigenvalue weighted by molar-refractivity contribution is -0.125. The van der Waals surface area contributed by atoms with Gasteiger partial charge in [0.25, 0.3) is 0 Å². The van der Waals surface area contributed by atoms with Gasteiger partial charge in [-0.25, -0.2) is 4.79 Å². The number of Topliss-reactive ketones (excluding diaryl/α,β-unsaturated/α-hetero) is 1. The molecule has 7 nitrogen and oxygen atoms in total. The number of carbonyl (C=O) groups excluding carboxylic acids is 2. The van der Waals surface area contributed by atoms with Gasteiger partial charge in [0, 0.05) is 19.5 Å². The number of ether oxygens (including phenoxy) is 2. The molecule has 1 saturated heterocycles. The fraction of sp³-hybridized carbons (Fsp3) is 0.500. The van der Waals surface area contributed by atoms with Crippen LogP contribution in [-0.4, -0.2) is 55.4 Å². The summed E-state index contributed by atoms with van der Waals surface area (Å²) in [7, 11) is 0. The number of carbonyl (C=O) groups is 2. The summed E-state index contributed by atoms with van der Waals surface area (Å²) >= 11 is 0. The van der Waals surface area contributed by atoms with E-state index in [-0.39, 0.29) is 31.4 Å². The first-order chi connectivity index (χ1) is 11.1. The Labute approximate surface area is 135 Å². The molecular weight excluding hydrogens is 300 g/mol. The molecule has 0 saturated carbocycles. The van der Waals surface area contributed by atoms with Gasteiger partial charge in [-0.2, -0.15) is 0 Å². The van der Waals surface area contributed by atoms with Crippen molar-refractivity contribution in [3.05, 3.63) is 35.9 Å². The third kappa shape index (κ3) is 6.35. The lowest BCUT2D eigenvalue weighted by atomic mass is 10.1. The summed E-state index contributed by atoms with van der Waals surface area (Å²) in [6, 6.07) is 8.90. The Hall–Kier alpha value is -1.96. The molecule has 3 N–H and O–H groups in total. The van der Waals surface area contributed by atoms with Gasteiger partial charge in [-0.05, 0) is 5.56 Å². The van der Waals surface area contributed by atoms with Crippen LogP contribution in [0, 0.1) is 0 Å². The Morgan fingerprint density at radius 2 is 2.17 bits per heavy atom. The summed E-state index contributed by atoms with van der Waals surface area (Å²) in [5.74, 6) is -0.128. The van der Waals surface area contributed by atoms with Gasteiger partial charge in [-0.1, -0.05) is 30.3 Å². The van der Waals surface area contributed by atoms with Crippen molar-refractivity contribution in [3.63, 3.8) is 0 Å². The number of benzene rings is 1. The van der Waals surface area contributed by atoms with Crippen molar-refractivity contribution in [2.75, 3.05) is 26.3 Å². The first kappa shape index (κ1) is 17.4. The molecule has 1 aromatic rings. The van der Waals surface area contributed by atoms with Crippen molar-refractivity contribution in [2.45, 2.75) is 25.2 Å². The van der Waals surface area contributed by atoms with Gasteiger partial charge in [0.2, 0.25) is 0 Å². The predicted molar refractivity (Wildman–Crippen MR) is 82.9 cm³/mol. The average molecular weight is 322 g/mol. The van der Waals surface area contributed by atoms with E-state index >= 15 is 0 Å². The highest BCUT2D eigenvalue weighted by Gasteiger charge is 2.23. The minimum Gasteiger partial charge on any atom is -0.445 e. The number of morpholine rings is 1. The van der Waals surface area contributed by atoms with Crippen molar-refractivity contribution in [2.24, 2.45) is 0 Å². The van der Waals surface area contributed by atoms with Crippen molar-refractivity contribution in [1.82, 2.24) is 10.6 Å². The van der Waals surface area contributed by atoms with Crippen LogP contribution < -0.4 is 10.6 Å². The summed E-state index contributed by atoms with van der Waals surface area (Å²) in [6.45, 7) is 1.65. The molecule has 7 heteroatoms.